The number of hydrogen-bond acceptors (Lipinski definition) is 3. The Labute approximate surface area is 129 Å². The van der Waals surface area contributed by atoms with E-state index in [9.17, 15) is 18.0 Å². The van der Waals surface area contributed by atoms with E-state index in [1.54, 1.807) is 11.0 Å². The summed E-state index contributed by atoms with van der Waals surface area (Å²) in [5.74, 6) is -1.82. The Hall–Kier alpha value is -1.34. The Balaban J connectivity index is 2.08. The molecule has 4 nitrogen and oxygen atoms in total. The molecule has 116 valence electrons. The van der Waals surface area contributed by atoms with Crippen LogP contribution in [0.15, 0.2) is 12.1 Å². The lowest BCUT2D eigenvalue weighted by Crippen LogP contribution is -2.52. The van der Waals surface area contributed by atoms with Gasteiger partial charge < -0.3 is 15.5 Å². The van der Waals surface area contributed by atoms with Crippen molar-refractivity contribution in [1.82, 2.24) is 4.90 Å². The minimum absolute atomic E-state index is 0.0311. The summed E-state index contributed by atoms with van der Waals surface area (Å²) in [7, 11) is 0. The smallest absolute Gasteiger partial charge is 0.397 e. The van der Waals surface area contributed by atoms with Gasteiger partial charge in [0.2, 0.25) is 0 Å². The molecule has 0 bridgehead atoms. The van der Waals surface area contributed by atoms with Gasteiger partial charge in [-0.2, -0.15) is 13.2 Å². The van der Waals surface area contributed by atoms with E-state index >= 15 is 0 Å². The summed E-state index contributed by atoms with van der Waals surface area (Å²) in [4.78, 5) is 13.7. The van der Waals surface area contributed by atoms with Crippen LogP contribution >= 0.6 is 23.2 Å². The summed E-state index contributed by atoms with van der Waals surface area (Å²) in [6.45, 7) is 0.414. The van der Waals surface area contributed by atoms with E-state index in [-0.39, 0.29) is 26.2 Å². The number of nitrogens with two attached hydrogens (primary N) is 1. The summed E-state index contributed by atoms with van der Waals surface area (Å²) in [5, 5.41) is 0.690. The first-order valence-electron chi connectivity index (χ1n) is 6.05. The third kappa shape index (κ3) is 3.47. The van der Waals surface area contributed by atoms with E-state index in [0.29, 0.717) is 21.4 Å². The number of nitrogen functional groups attached to an aromatic ring is 1. The summed E-state index contributed by atoms with van der Waals surface area (Å²) in [6.07, 6.45) is -4.84. The minimum atomic E-state index is -4.84. The lowest BCUT2D eigenvalue weighted by Gasteiger charge is -2.36. The van der Waals surface area contributed by atoms with Crippen molar-refractivity contribution in [2.75, 3.05) is 36.8 Å². The topological polar surface area (TPSA) is 49.6 Å². The fourth-order valence-corrected chi connectivity index (χ4v) is 2.57. The highest BCUT2D eigenvalue weighted by Crippen LogP contribution is 2.34. The zero-order valence-electron chi connectivity index (χ0n) is 10.8. The van der Waals surface area contributed by atoms with Gasteiger partial charge in [-0.25, -0.2) is 0 Å². The third-order valence-electron chi connectivity index (χ3n) is 3.22. The standard InChI is InChI=1S/C12H12Cl2F3N3O/c13-7-6-10(8(14)5-9(7)18)19-1-3-20(4-2-19)11(21)12(15,16)17/h5-6H,1-4,18H2. The SMILES string of the molecule is Nc1cc(Cl)c(N2CCN(C(=O)C(F)(F)F)CC2)cc1Cl. The van der Waals surface area contributed by atoms with Gasteiger partial charge in [-0.3, -0.25) is 4.79 Å². The van der Waals surface area contributed by atoms with Crippen molar-refractivity contribution in [1.29, 1.82) is 0 Å². The van der Waals surface area contributed by atoms with Crippen LogP contribution in [-0.4, -0.2) is 43.2 Å². The van der Waals surface area contributed by atoms with Crippen molar-refractivity contribution < 1.29 is 18.0 Å². The van der Waals surface area contributed by atoms with Crippen molar-refractivity contribution in [2.45, 2.75) is 6.18 Å². The number of rotatable bonds is 1. The first-order valence-corrected chi connectivity index (χ1v) is 6.81. The maximum Gasteiger partial charge on any atom is 0.471 e. The van der Waals surface area contributed by atoms with E-state index in [0.717, 1.165) is 4.90 Å². The van der Waals surface area contributed by atoms with Gasteiger partial charge in [0, 0.05) is 26.2 Å². The predicted molar refractivity (Wildman–Crippen MR) is 75.7 cm³/mol. The van der Waals surface area contributed by atoms with Crippen molar-refractivity contribution in [2.24, 2.45) is 0 Å². The number of alkyl halides is 3. The van der Waals surface area contributed by atoms with E-state index in [4.69, 9.17) is 28.9 Å². The Morgan fingerprint density at radius 2 is 1.67 bits per heavy atom. The Morgan fingerprint density at radius 1 is 1.10 bits per heavy atom. The predicted octanol–water partition coefficient (Wildman–Crippen LogP) is 2.79. The fraction of sp³-hybridized carbons (Fsp3) is 0.417. The molecule has 21 heavy (non-hydrogen) atoms. The second kappa shape index (κ2) is 5.81. The monoisotopic (exact) mass is 341 g/mol. The molecule has 1 aliphatic heterocycles. The van der Waals surface area contributed by atoms with Crippen LogP contribution in [0.2, 0.25) is 10.0 Å². The highest BCUT2D eigenvalue weighted by molar-refractivity contribution is 6.37. The summed E-state index contributed by atoms with van der Waals surface area (Å²) >= 11 is 12.0. The molecular weight excluding hydrogens is 330 g/mol. The van der Waals surface area contributed by atoms with Gasteiger partial charge in [-0.05, 0) is 12.1 Å². The van der Waals surface area contributed by atoms with Crippen molar-refractivity contribution >= 4 is 40.5 Å². The zero-order valence-corrected chi connectivity index (χ0v) is 12.3. The van der Waals surface area contributed by atoms with Crippen LogP contribution in [0.3, 0.4) is 0 Å². The van der Waals surface area contributed by atoms with Crippen molar-refractivity contribution in [3.63, 3.8) is 0 Å². The molecule has 0 radical (unpaired) electrons. The number of carbonyl (C=O) groups is 1. The first kappa shape index (κ1) is 16.0. The largest absolute Gasteiger partial charge is 0.471 e. The lowest BCUT2D eigenvalue weighted by atomic mass is 10.2. The van der Waals surface area contributed by atoms with Gasteiger partial charge in [-0.15, -0.1) is 0 Å². The molecule has 0 atom stereocenters. The van der Waals surface area contributed by atoms with Crippen LogP contribution < -0.4 is 10.6 Å². The maximum absolute atomic E-state index is 12.4. The number of benzene rings is 1. The van der Waals surface area contributed by atoms with Crippen LogP contribution in [0, 0.1) is 0 Å². The molecular formula is C12H12Cl2F3N3O. The number of halogens is 5. The van der Waals surface area contributed by atoms with Crippen LogP contribution in [0.4, 0.5) is 24.5 Å². The molecule has 0 saturated carbocycles. The van der Waals surface area contributed by atoms with Gasteiger partial charge in [0.1, 0.15) is 0 Å². The summed E-state index contributed by atoms with van der Waals surface area (Å²) in [6, 6.07) is 3.06. The Morgan fingerprint density at radius 3 is 2.19 bits per heavy atom. The first-order chi connectivity index (χ1) is 9.70. The number of amides is 1. The Kier molecular flexibility index (Phi) is 4.43. The molecule has 0 aromatic heterocycles. The number of carbonyl (C=O) groups excluding carboxylic acids is 1. The van der Waals surface area contributed by atoms with Gasteiger partial charge >= 0.3 is 12.1 Å². The number of nitrogens with zero attached hydrogens (tertiary/aromatic N) is 2. The minimum Gasteiger partial charge on any atom is -0.397 e. The molecule has 2 N–H and O–H groups in total. The highest BCUT2D eigenvalue weighted by Gasteiger charge is 2.43. The van der Waals surface area contributed by atoms with Crippen LogP contribution in [0.1, 0.15) is 0 Å². The Bertz CT molecular complexity index is 557. The summed E-state index contributed by atoms with van der Waals surface area (Å²) in [5.41, 5.74) is 6.54. The third-order valence-corrected chi connectivity index (χ3v) is 3.85. The van der Waals surface area contributed by atoms with Crippen molar-refractivity contribution in [3.05, 3.63) is 22.2 Å². The quantitative estimate of drug-likeness (QED) is 0.799. The molecule has 0 unspecified atom stereocenters. The normalized spacial score (nSPS) is 16.2. The van der Waals surface area contributed by atoms with Gasteiger partial charge in [-0.1, -0.05) is 23.2 Å². The average molecular weight is 342 g/mol. The molecule has 1 aromatic rings. The van der Waals surface area contributed by atoms with Crippen molar-refractivity contribution in [3.8, 4) is 0 Å². The number of hydrogen-bond donors (Lipinski definition) is 1. The molecule has 2 rings (SSSR count). The van der Waals surface area contributed by atoms with Crippen LogP contribution in [0.5, 0.6) is 0 Å². The molecule has 1 fully saturated rings. The molecule has 1 heterocycles. The van der Waals surface area contributed by atoms with Crippen LogP contribution in [0.25, 0.3) is 0 Å². The fourth-order valence-electron chi connectivity index (χ4n) is 2.12. The molecule has 1 saturated heterocycles. The second-order valence-electron chi connectivity index (χ2n) is 4.60. The van der Waals surface area contributed by atoms with E-state index in [2.05, 4.69) is 0 Å². The van der Waals surface area contributed by atoms with Gasteiger partial charge in [0.05, 0.1) is 21.4 Å². The molecule has 1 aliphatic rings. The number of anilines is 2. The molecule has 1 amide bonds. The highest BCUT2D eigenvalue weighted by atomic mass is 35.5. The molecule has 0 spiro atoms. The van der Waals surface area contributed by atoms with Gasteiger partial charge in [0.25, 0.3) is 0 Å². The molecule has 1 aromatic carbocycles. The second-order valence-corrected chi connectivity index (χ2v) is 5.42. The van der Waals surface area contributed by atoms with E-state index in [1.165, 1.54) is 6.07 Å². The average Bonchev–Trinajstić information content (AvgIpc) is 2.41. The molecule has 9 heteroatoms. The van der Waals surface area contributed by atoms with Gasteiger partial charge in [0.15, 0.2) is 0 Å². The number of piperazine rings is 1. The lowest BCUT2D eigenvalue weighted by molar-refractivity contribution is -0.185. The van der Waals surface area contributed by atoms with E-state index < -0.39 is 12.1 Å². The maximum atomic E-state index is 12.4. The van der Waals surface area contributed by atoms with Crippen LogP contribution in [-0.2, 0) is 4.79 Å². The van der Waals surface area contributed by atoms with E-state index in [1.807, 2.05) is 0 Å². The summed E-state index contributed by atoms with van der Waals surface area (Å²) < 4.78 is 37.1. The zero-order chi connectivity index (χ0) is 15.8. The molecule has 0 aliphatic carbocycles.